The average molecular weight is 225 g/mol. The van der Waals surface area contributed by atoms with Crippen molar-refractivity contribution in [1.29, 1.82) is 5.26 Å². The van der Waals surface area contributed by atoms with Gasteiger partial charge in [0.25, 0.3) is 0 Å². The molecule has 2 rings (SSSR count). The van der Waals surface area contributed by atoms with Crippen molar-refractivity contribution in [1.82, 2.24) is 0 Å². The molecule has 0 heterocycles. The quantitative estimate of drug-likeness (QED) is 0.854. The fourth-order valence-electron chi connectivity index (χ4n) is 1.63. The molecule has 0 bridgehead atoms. The molecule has 2 aromatic rings. The number of ether oxygens (including phenoxy) is 1. The van der Waals surface area contributed by atoms with Gasteiger partial charge in [0.1, 0.15) is 11.5 Å². The number of phenolic OH excluding ortho intramolecular Hbond substituents is 1. The first-order valence-corrected chi connectivity index (χ1v) is 5.12. The number of phenols is 1. The van der Waals surface area contributed by atoms with Gasteiger partial charge in [0, 0.05) is 5.56 Å². The third-order valence-corrected chi connectivity index (χ3v) is 2.51. The number of methoxy groups -OCH3 is 1. The van der Waals surface area contributed by atoms with E-state index >= 15 is 0 Å². The van der Waals surface area contributed by atoms with Crippen molar-refractivity contribution in [2.75, 3.05) is 7.11 Å². The average Bonchev–Trinajstić information content (AvgIpc) is 2.39. The Kier molecular flexibility index (Phi) is 2.97. The number of nitrogens with zero attached hydrogens (tertiary/aromatic N) is 1. The first kappa shape index (κ1) is 11.0. The molecular formula is C14H11NO2. The third-order valence-electron chi connectivity index (χ3n) is 2.51. The predicted octanol–water partition coefficient (Wildman–Crippen LogP) is 2.94. The van der Waals surface area contributed by atoms with Crippen LogP contribution in [0.5, 0.6) is 11.5 Å². The fourth-order valence-corrected chi connectivity index (χ4v) is 1.63. The van der Waals surface area contributed by atoms with Gasteiger partial charge in [0.2, 0.25) is 0 Å². The van der Waals surface area contributed by atoms with Crippen LogP contribution in [0, 0.1) is 11.3 Å². The lowest BCUT2D eigenvalue weighted by molar-refractivity contribution is 0.412. The highest BCUT2D eigenvalue weighted by Crippen LogP contribution is 2.32. The van der Waals surface area contributed by atoms with Crippen LogP contribution in [0.2, 0.25) is 0 Å². The van der Waals surface area contributed by atoms with Crippen molar-refractivity contribution in [2.45, 2.75) is 0 Å². The second-order valence-corrected chi connectivity index (χ2v) is 3.58. The summed E-state index contributed by atoms with van der Waals surface area (Å²) in [5.41, 5.74) is 2.01. The van der Waals surface area contributed by atoms with Gasteiger partial charge in [-0.15, -0.1) is 0 Å². The molecule has 0 aliphatic carbocycles. The molecule has 0 aliphatic rings. The van der Waals surface area contributed by atoms with E-state index in [1.807, 2.05) is 6.07 Å². The summed E-state index contributed by atoms with van der Waals surface area (Å²) in [7, 11) is 1.57. The standard InChI is InChI=1S/C14H11NO2/c1-17-12-5-6-14(16)13(8-12)11-4-2-3-10(7-11)9-15/h2-8,16H,1H3. The van der Waals surface area contributed by atoms with Gasteiger partial charge >= 0.3 is 0 Å². The van der Waals surface area contributed by atoms with Crippen LogP contribution in [0.25, 0.3) is 11.1 Å². The highest BCUT2D eigenvalue weighted by molar-refractivity contribution is 5.72. The maximum Gasteiger partial charge on any atom is 0.123 e. The Hall–Kier alpha value is -2.47. The van der Waals surface area contributed by atoms with Gasteiger partial charge in [0.15, 0.2) is 0 Å². The van der Waals surface area contributed by atoms with Crippen LogP contribution >= 0.6 is 0 Å². The van der Waals surface area contributed by atoms with Gasteiger partial charge < -0.3 is 9.84 Å². The Balaban J connectivity index is 2.55. The zero-order chi connectivity index (χ0) is 12.3. The fraction of sp³-hybridized carbons (Fsp3) is 0.0714. The normalized spacial score (nSPS) is 9.65. The van der Waals surface area contributed by atoms with E-state index in [9.17, 15) is 5.11 Å². The molecular weight excluding hydrogens is 214 g/mol. The summed E-state index contributed by atoms with van der Waals surface area (Å²) < 4.78 is 5.11. The number of rotatable bonds is 2. The maximum absolute atomic E-state index is 9.81. The molecule has 0 spiro atoms. The minimum Gasteiger partial charge on any atom is -0.507 e. The largest absolute Gasteiger partial charge is 0.507 e. The van der Waals surface area contributed by atoms with Gasteiger partial charge in [-0.3, -0.25) is 0 Å². The van der Waals surface area contributed by atoms with E-state index in [4.69, 9.17) is 10.00 Å². The molecule has 1 N–H and O–H groups in total. The van der Waals surface area contributed by atoms with Crippen LogP contribution < -0.4 is 4.74 Å². The summed E-state index contributed by atoms with van der Waals surface area (Å²) in [6, 6.07) is 14.2. The Morgan fingerprint density at radius 1 is 1.18 bits per heavy atom. The molecule has 0 aromatic heterocycles. The van der Waals surface area contributed by atoms with Crippen molar-refractivity contribution in [3.05, 3.63) is 48.0 Å². The number of aromatic hydroxyl groups is 1. The molecule has 0 atom stereocenters. The molecule has 3 heteroatoms. The zero-order valence-corrected chi connectivity index (χ0v) is 9.34. The van der Waals surface area contributed by atoms with E-state index in [0.717, 1.165) is 5.56 Å². The summed E-state index contributed by atoms with van der Waals surface area (Å²) in [6.45, 7) is 0. The van der Waals surface area contributed by atoms with E-state index < -0.39 is 0 Å². The number of hydrogen-bond acceptors (Lipinski definition) is 3. The Morgan fingerprint density at radius 3 is 2.71 bits per heavy atom. The molecule has 17 heavy (non-hydrogen) atoms. The van der Waals surface area contributed by atoms with Crippen LogP contribution in [0.4, 0.5) is 0 Å². The molecule has 3 nitrogen and oxygen atoms in total. The molecule has 0 saturated carbocycles. The van der Waals surface area contributed by atoms with Crippen molar-refractivity contribution < 1.29 is 9.84 Å². The molecule has 0 amide bonds. The lowest BCUT2D eigenvalue weighted by Crippen LogP contribution is -1.85. The summed E-state index contributed by atoms with van der Waals surface area (Å²) in [5, 5.41) is 18.7. The molecule has 0 aliphatic heterocycles. The van der Waals surface area contributed by atoms with Crippen LogP contribution in [0.15, 0.2) is 42.5 Å². The number of benzene rings is 2. The summed E-state index contributed by atoms with van der Waals surface area (Å²) >= 11 is 0. The molecule has 0 saturated heterocycles. The van der Waals surface area contributed by atoms with Gasteiger partial charge in [-0.05, 0) is 35.9 Å². The van der Waals surface area contributed by atoms with E-state index in [-0.39, 0.29) is 5.75 Å². The van der Waals surface area contributed by atoms with Gasteiger partial charge in [0.05, 0.1) is 18.7 Å². The lowest BCUT2D eigenvalue weighted by atomic mass is 10.0. The van der Waals surface area contributed by atoms with Crippen LogP contribution in [0.1, 0.15) is 5.56 Å². The first-order valence-electron chi connectivity index (χ1n) is 5.12. The zero-order valence-electron chi connectivity index (χ0n) is 9.34. The second kappa shape index (κ2) is 4.58. The van der Waals surface area contributed by atoms with Crippen molar-refractivity contribution >= 4 is 0 Å². The Labute approximate surface area is 99.5 Å². The maximum atomic E-state index is 9.81. The van der Waals surface area contributed by atoms with Crippen LogP contribution in [-0.2, 0) is 0 Å². The minimum atomic E-state index is 0.167. The number of nitriles is 1. The second-order valence-electron chi connectivity index (χ2n) is 3.58. The molecule has 84 valence electrons. The SMILES string of the molecule is COc1ccc(O)c(-c2cccc(C#N)c2)c1. The highest BCUT2D eigenvalue weighted by Gasteiger charge is 2.06. The van der Waals surface area contributed by atoms with Crippen LogP contribution in [0.3, 0.4) is 0 Å². The topological polar surface area (TPSA) is 53.2 Å². The molecule has 0 unspecified atom stereocenters. The molecule has 0 fully saturated rings. The Bertz CT molecular complexity index is 585. The highest BCUT2D eigenvalue weighted by atomic mass is 16.5. The summed E-state index contributed by atoms with van der Waals surface area (Å²) in [5.74, 6) is 0.834. The summed E-state index contributed by atoms with van der Waals surface area (Å²) in [4.78, 5) is 0. The van der Waals surface area contributed by atoms with Gasteiger partial charge in [-0.2, -0.15) is 5.26 Å². The summed E-state index contributed by atoms with van der Waals surface area (Å²) in [6.07, 6.45) is 0. The van der Waals surface area contributed by atoms with E-state index in [1.54, 1.807) is 43.5 Å². The predicted molar refractivity (Wildman–Crippen MR) is 64.8 cm³/mol. The molecule has 0 radical (unpaired) electrons. The number of hydrogen-bond donors (Lipinski definition) is 1. The van der Waals surface area contributed by atoms with Crippen molar-refractivity contribution in [3.63, 3.8) is 0 Å². The monoisotopic (exact) mass is 225 g/mol. The first-order chi connectivity index (χ1) is 8.24. The van der Waals surface area contributed by atoms with Crippen molar-refractivity contribution in [3.8, 4) is 28.7 Å². The van der Waals surface area contributed by atoms with E-state index in [1.165, 1.54) is 0 Å². The van der Waals surface area contributed by atoms with E-state index in [0.29, 0.717) is 16.9 Å². The molecule has 2 aromatic carbocycles. The minimum absolute atomic E-state index is 0.167. The smallest absolute Gasteiger partial charge is 0.123 e. The van der Waals surface area contributed by atoms with Crippen LogP contribution in [-0.4, -0.2) is 12.2 Å². The van der Waals surface area contributed by atoms with Crippen molar-refractivity contribution in [2.24, 2.45) is 0 Å². The third kappa shape index (κ3) is 2.21. The van der Waals surface area contributed by atoms with E-state index in [2.05, 4.69) is 6.07 Å². The van der Waals surface area contributed by atoms with Gasteiger partial charge in [-0.1, -0.05) is 12.1 Å². The Morgan fingerprint density at radius 2 is 2.00 bits per heavy atom. The lowest BCUT2D eigenvalue weighted by Gasteiger charge is -2.07. The van der Waals surface area contributed by atoms with Gasteiger partial charge in [-0.25, -0.2) is 0 Å².